The van der Waals surface area contributed by atoms with E-state index in [2.05, 4.69) is 5.32 Å². The molecule has 2 aliphatic heterocycles. The highest BCUT2D eigenvalue weighted by atomic mass is 16.2. The Morgan fingerprint density at radius 2 is 1.48 bits per heavy atom. The fraction of sp³-hybridized carbons (Fsp3) is 0.167. The summed E-state index contributed by atoms with van der Waals surface area (Å²) in [6.45, 7) is 0. The van der Waals surface area contributed by atoms with Crippen LogP contribution in [-0.2, 0) is 11.2 Å². The van der Waals surface area contributed by atoms with Gasteiger partial charge in [0.25, 0.3) is 11.8 Å². The second-order valence-electron chi connectivity index (χ2n) is 5.73. The van der Waals surface area contributed by atoms with Gasteiger partial charge in [-0.2, -0.15) is 0 Å². The number of nitrogens with zero attached hydrogens (tertiary/aromatic N) is 1. The third-order valence-corrected chi connectivity index (χ3v) is 4.40. The number of fused-ring (bicyclic) bond motifs is 2. The Hall–Kier alpha value is -2.95. The van der Waals surface area contributed by atoms with Crippen molar-refractivity contribution in [3.05, 3.63) is 65.2 Å². The maximum atomic E-state index is 12.6. The molecule has 0 saturated heterocycles. The lowest BCUT2D eigenvalue weighted by Gasteiger charge is -2.23. The van der Waals surface area contributed by atoms with E-state index < -0.39 is 17.9 Å². The highest BCUT2D eigenvalue weighted by Gasteiger charge is 2.43. The number of imide groups is 1. The van der Waals surface area contributed by atoms with Crippen LogP contribution in [0.25, 0.3) is 0 Å². The van der Waals surface area contributed by atoms with Crippen molar-refractivity contribution in [3.8, 4) is 0 Å². The molecule has 2 aliphatic rings. The monoisotopic (exact) mass is 306 g/mol. The van der Waals surface area contributed by atoms with Crippen molar-refractivity contribution in [2.24, 2.45) is 0 Å². The zero-order valence-corrected chi connectivity index (χ0v) is 12.3. The largest absolute Gasteiger partial charge is 0.324 e. The Kier molecular flexibility index (Phi) is 3.01. The molecular formula is C18H14N2O3. The third-order valence-electron chi connectivity index (χ3n) is 4.40. The fourth-order valence-electron chi connectivity index (χ4n) is 3.24. The topological polar surface area (TPSA) is 66.5 Å². The molecule has 2 aromatic carbocycles. The predicted octanol–water partition coefficient (Wildman–Crippen LogP) is 2.24. The van der Waals surface area contributed by atoms with Gasteiger partial charge in [0.05, 0.1) is 11.1 Å². The van der Waals surface area contributed by atoms with Crippen molar-refractivity contribution in [1.82, 2.24) is 4.90 Å². The highest BCUT2D eigenvalue weighted by molar-refractivity contribution is 6.23. The molecule has 5 nitrogen and oxygen atoms in total. The van der Waals surface area contributed by atoms with Crippen LogP contribution < -0.4 is 5.32 Å². The number of carbonyl (C=O) groups excluding carboxylic acids is 3. The number of rotatable bonds is 1. The number of amides is 3. The molecule has 114 valence electrons. The first-order valence-corrected chi connectivity index (χ1v) is 7.52. The van der Waals surface area contributed by atoms with Gasteiger partial charge >= 0.3 is 0 Å². The molecule has 5 heteroatoms. The van der Waals surface area contributed by atoms with Gasteiger partial charge < -0.3 is 5.32 Å². The van der Waals surface area contributed by atoms with E-state index in [1.54, 1.807) is 24.3 Å². The first kappa shape index (κ1) is 13.7. The first-order chi connectivity index (χ1) is 11.2. The Balaban J connectivity index is 1.69. The Labute approximate surface area is 132 Å². The van der Waals surface area contributed by atoms with E-state index in [0.717, 1.165) is 16.2 Å². The van der Waals surface area contributed by atoms with Crippen LogP contribution in [0, 0.1) is 0 Å². The first-order valence-electron chi connectivity index (χ1n) is 7.52. The summed E-state index contributed by atoms with van der Waals surface area (Å²) in [5, 5.41) is 2.83. The standard InChI is InChI=1S/C18H14N2O3/c21-16-15(10-9-11-5-1-4-8-14(11)19-16)20-17(22)12-6-2-3-7-13(12)18(20)23/h1-8,15H,9-10H2,(H,19,21). The zero-order valence-electron chi connectivity index (χ0n) is 12.3. The molecule has 23 heavy (non-hydrogen) atoms. The smallest absolute Gasteiger partial charge is 0.262 e. The predicted molar refractivity (Wildman–Crippen MR) is 84.1 cm³/mol. The van der Waals surface area contributed by atoms with Gasteiger partial charge in [0.2, 0.25) is 5.91 Å². The van der Waals surface area contributed by atoms with Gasteiger partial charge in [0.1, 0.15) is 6.04 Å². The summed E-state index contributed by atoms with van der Waals surface area (Å²) >= 11 is 0. The van der Waals surface area contributed by atoms with Crippen molar-refractivity contribution in [1.29, 1.82) is 0 Å². The summed E-state index contributed by atoms with van der Waals surface area (Å²) in [5.41, 5.74) is 2.50. The van der Waals surface area contributed by atoms with Crippen LogP contribution in [0.3, 0.4) is 0 Å². The molecule has 1 atom stereocenters. The van der Waals surface area contributed by atoms with Crippen molar-refractivity contribution in [3.63, 3.8) is 0 Å². The lowest BCUT2D eigenvalue weighted by molar-refractivity contribution is -0.120. The average molecular weight is 306 g/mol. The van der Waals surface area contributed by atoms with E-state index in [-0.39, 0.29) is 5.91 Å². The molecule has 4 rings (SSSR count). The summed E-state index contributed by atoms with van der Waals surface area (Å²) in [7, 11) is 0. The van der Waals surface area contributed by atoms with Crippen LogP contribution in [0.4, 0.5) is 5.69 Å². The number of hydrogen-bond donors (Lipinski definition) is 1. The van der Waals surface area contributed by atoms with Crippen LogP contribution in [0.1, 0.15) is 32.7 Å². The SMILES string of the molecule is O=C1Nc2ccccc2CCC1N1C(=O)c2ccccc2C1=O. The third kappa shape index (κ3) is 2.04. The molecule has 2 heterocycles. The highest BCUT2D eigenvalue weighted by Crippen LogP contribution is 2.29. The molecule has 0 fully saturated rings. The second kappa shape index (κ2) is 5.05. The fourth-order valence-corrected chi connectivity index (χ4v) is 3.24. The molecule has 0 saturated carbocycles. The average Bonchev–Trinajstić information content (AvgIpc) is 2.71. The summed E-state index contributed by atoms with van der Waals surface area (Å²) in [4.78, 5) is 38.8. The molecule has 0 aromatic heterocycles. The maximum absolute atomic E-state index is 12.6. The van der Waals surface area contributed by atoms with Crippen LogP contribution in [-0.4, -0.2) is 28.7 Å². The van der Waals surface area contributed by atoms with Crippen LogP contribution >= 0.6 is 0 Å². The van der Waals surface area contributed by atoms with Gasteiger partial charge in [-0.15, -0.1) is 0 Å². The van der Waals surface area contributed by atoms with Gasteiger partial charge in [-0.05, 0) is 36.6 Å². The van der Waals surface area contributed by atoms with Crippen LogP contribution in [0.15, 0.2) is 48.5 Å². The van der Waals surface area contributed by atoms with E-state index in [1.165, 1.54) is 0 Å². The summed E-state index contributed by atoms with van der Waals surface area (Å²) in [5.74, 6) is -1.10. The van der Waals surface area contributed by atoms with Gasteiger partial charge in [0.15, 0.2) is 0 Å². The number of hydrogen-bond acceptors (Lipinski definition) is 3. The minimum atomic E-state index is -0.783. The molecule has 1 unspecified atom stereocenters. The van der Waals surface area contributed by atoms with Crippen molar-refractivity contribution in [2.45, 2.75) is 18.9 Å². The molecule has 0 radical (unpaired) electrons. The van der Waals surface area contributed by atoms with Crippen LogP contribution in [0.2, 0.25) is 0 Å². The summed E-state index contributed by atoms with van der Waals surface area (Å²) in [6.07, 6.45) is 1.06. The van der Waals surface area contributed by atoms with Crippen LogP contribution in [0.5, 0.6) is 0 Å². The van der Waals surface area contributed by atoms with E-state index in [9.17, 15) is 14.4 Å². The van der Waals surface area contributed by atoms with E-state index in [1.807, 2.05) is 24.3 Å². The van der Waals surface area contributed by atoms with Gasteiger partial charge in [0, 0.05) is 5.69 Å². The number of nitrogens with one attached hydrogen (secondary N) is 1. The maximum Gasteiger partial charge on any atom is 0.262 e. The Morgan fingerprint density at radius 1 is 0.870 bits per heavy atom. The second-order valence-corrected chi connectivity index (χ2v) is 5.73. The number of para-hydroxylation sites is 1. The van der Waals surface area contributed by atoms with E-state index in [4.69, 9.17) is 0 Å². The lowest BCUT2D eigenvalue weighted by atomic mass is 10.1. The molecule has 1 N–H and O–H groups in total. The summed E-state index contributed by atoms with van der Waals surface area (Å²) < 4.78 is 0. The van der Waals surface area contributed by atoms with Gasteiger partial charge in [-0.3, -0.25) is 19.3 Å². The number of aryl methyl sites for hydroxylation is 1. The Bertz CT molecular complexity index is 809. The quantitative estimate of drug-likeness (QED) is 0.822. The molecule has 3 amide bonds. The Morgan fingerprint density at radius 3 is 2.17 bits per heavy atom. The number of anilines is 1. The van der Waals surface area contributed by atoms with Gasteiger partial charge in [-0.1, -0.05) is 30.3 Å². The normalized spacial score (nSPS) is 19.9. The summed E-state index contributed by atoms with van der Waals surface area (Å²) in [6, 6.07) is 13.4. The molecule has 0 bridgehead atoms. The number of carbonyl (C=O) groups is 3. The molecular weight excluding hydrogens is 292 g/mol. The lowest BCUT2D eigenvalue weighted by Crippen LogP contribution is -2.46. The molecule has 2 aromatic rings. The van der Waals surface area contributed by atoms with E-state index >= 15 is 0 Å². The number of benzene rings is 2. The zero-order chi connectivity index (χ0) is 16.0. The van der Waals surface area contributed by atoms with Crippen molar-refractivity contribution >= 4 is 23.4 Å². The van der Waals surface area contributed by atoms with Crippen molar-refractivity contribution in [2.75, 3.05) is 5.32 Å². The molecule has 0 spiro atoms. The van der Waals surface area contributed by atoms with E-state index in [0.29, 0.717) is 24.0 Å². The van der Waals surface area contributed by atoms with Crippen molar-refractivity contribution < 1.29 is 14.4 Å². The minimum absolute atomic E-state index is 0.315. The van der Waals surface area contributed by atoms with Gasteiger partial charge in [-0.25, -0.2) is 0 Å². The molecule has 0 aliphatic carbocycles. The minimum Gasteiger partial charge on any atom is -0.324 e.